The maximum Gasteiger partial charge on any atom is 0.247 e. The van der Waals surface area contributed by atoms with Gasteiger partial charge in [-0.3, -0.25) is 4.79 Å². The summed E-state index contributed by atoms with van der Waals surface area (Å²) in [6, 6.07) is 10.4. The predicted molar refractivity (Wildman–Crippen MR) is 96.8 cm³/mol. The molecule has 0 aliphatic carbocycles. The molecule has 1 saturated heterocycles. The molecule has 1 aromatic heterocycles. The van der Waals surface area contributed by atoms with Crippen molar-refractivity contribution >= 4 is 33.4 Å². The predicted octanol–water partition coefficient (Wildman–Crippen LogP) is 3.16. The number of halogens is 1. The highest BCUT2D eigenvalue weighted by Crippen LogP contribution is 2.24. The summed E-state index contributed by atoms with van der Waals surface area (Å²) in [6.45, 7) is 0.265. The first-order chi connectivity index (χ1) is 11.9. The van der Waals surface area contributed by atoms with Crippen LogP contribution in [-0.4, -0.2) is 36.8 Å². The Kier molecular flexibility index (Phi) is 5.30. The van der Waals surface area contributed by atoms with E-state index < -0.39 is 9.84 Å². The average molecular weight is 380 g/mol. The second-order valence-electron chi connectivity index (χ2n) is 5.96. The largest absolute Gasteiger partial charge is 0.465 e. The second-order valence-corrected chi connectivity index (χ2v) is 8.60. The zero-order valence-corrected chi connectivity index (χ0v) is 15.0. The van der Waals surface area contributed by atoms with E-state index in [1.807, 2.05) is 18.2 Å². The molecule has 3 rings (SSSR count). The van der Waals surface area contributed by atoms with Crippen molar-refractivity contribution in [2.75, 3.05) is 11.5 Å². The number of furan rings is 1. The quantitative estimate of drug-likeness (QED) is 0.748. The topological polar surface area (TPSA) is 67.6 Å². The Balaban J connectivity index is 1.83. The molecular weight excluding hydrogens is 362 g/mol. The molecule has 1 fully saturated rings. The molecule has 1 aliphatic rings. The number of hydrogen-bond donors (Lipinski definition) is 0. The van der Waals surface area contributed by atoms with Gasteiger partial charge in [-0.15, -0.1) is 0 Å². The van der Waals surface area contributed by atoms with Gasteiger partial charge in [0.05, 0.1) is 17.8 Å². The van der Waals surface area contributed by atoms with Crippen molar-refractivity contribution in [1.29, 1.82) is 0 Å². The number of benzene rings is 1. The van der Waals surface area contributed by atoms with Gasteiger partial charge in [-0.1, -0.05) is 29.8 Å². The number of carbonyl (C=O) groups is 1. The molecule has 0 bridgehead atoms. The van der Waals surface area contributed by atoms with Gasteiger partial charge in [0.15, 0.2) is 9.84 Å². The lowest BCUT2D eigenvalue weighted by Crippen LogP contribution is -2.39. The summed E-state index contributed by atoms with van der Waals surface area (Å²) < 4.78 is 28.9. The molecule has 0 radical (unpaired) electrons. The van der Waals surface area contributed by atoms with E-state index in [0.29, 0.717) is 17.2 Å². The maximum atomic E-state index is 12.7. The molecular formula is C18H18ClNO4S. The SMILES string of the molecule is O=C(/C=C/c1ccco1)N(Cc1ccccc1Cl)[C@H]1CCS(=O)(=O)C1. The zero-order chi connectivity index (χ0) is 17.9. The minimum Gasteiger partial charge on any atom is -0.465 e. The smallest absolute Gasteiger partial charge is 0.247 e. The average Bonchev–Trinajstić information content (AvgIpc) is 3.21. The summed E-state index contributed by atoms with van der Waals surface area (Å²) in [7, 11) is -3.10. The Morgan fingerprint density at radius 1 is 1.28 bits per heavy atom. The highest BCUT2D eigenvalue weighted by atomic mass is 35.5. The number of hydrogen-bond acceptors (Lipinski definition) is 4. The summed E-state index contributed by atoms with van der Waals surface area (Å²) in [6.07, 6.45) is 4.94. The van der Waals surface area contributed by atoms with Gasteiger partial charge in [0.1, 0.15) is 5.76 Å². The van der Waals surface area contributed by atoms with E-state index in [4.69, 9.17) is 16.0 Å². The van der Waals surface area contributed by atoms with Crippen LogP contribution in [0, 0.1) is 0 Å². The maximum absolute atomic E-state index is 12.7. The first kappa shape index (κ1) is 17.8. The van der Waals surface area contributed by atoms with Crippen LogP contribution < -0.4 is 0 Å². The fraction of sp³-hybridized carbons (Fsp3) is 0.278. The molecule has 0 unspecified atom stereocenters. The van der Waals surface area contributed by atoms with Crippen molar-refractivity contribution in [2.45, 2.75) is 19.0 Å². The van der Waals surface area contributed by atoms with Gasteiger partial charge in [0.25, 0.3) is 0 Å². The zero-order valence-electron chi connectivity index (χ0n) is 13.5. The van der Waals surface area contributed by atoms with Crippen LogP contribution >= 0.6 is 11.6 Å². The van der Waals surface area contributed by atoms with Gasteiger partial charge in [0.2, 0.25) is 5.91 Å². The molecule has 132 valence electrons. The lowest BCUT2D eigenvalue weighted by Gasteiger charge is -2.27. The summed E-state index contributed by atoms with van der Waals surface area (Å²) in [5.74, 6) is 0.382. The summed E-state index contributed by atoms with van der Waals surface area (Å²) in [4.78, 5) is 14.3. The van der Waals surface area contributed by atoms with Crippen LogP contribution in [0.25, 0.3) is 6.08 Å². The van der Waals surface area contributed by atoms with Crippen molar-refractivity contribution in [3.63, 3.8) is 0 Å². The fourth-order valence-corrected chi connectivity index (χ4v) is 4.78. The van der Waals surface area contributed by atoms with Crippen LogP contribution in [-0.2, 0) is 21.2 Å². The van der Waals surface area contributed by atoms with E-state index in [0.717, 1.165) is 5.56 Å². The molecule has 1 aliphatic heterocycles. The third kappa shape index (κ3) is 4.52. The van der Waals surface area contributed by atoms with Crippen LogP contribution in [0.4, 0.5) is 0 Å². The molecule has 1 atom stereocenters. The van der Waals surface area contributed by atoms with Crippen LogP contribution in [0.15, 0.2) is 53.2 Å². The Labute approximate surface area is 151 Å². The summed E-state index contributed by atoms with van der Waals surface area (Å²) >= 11 is 6.20. The van der Waals surface area contributed by atoms with Gasteiger partial charge >= 0.3 is 0 Å². The first-order valence-corrected chi connectivity index (χ1v) is 10.1. The van der Waals surface area contributed by atoms with Crippen LogP contribution in [0.3, 0.4) is 0 Å². The van der Waals surface area contributed by atoms with E-state index in [1.54, 1.807) is 29.2 Å². The number of sulfone groups is 1. The number of rotatable bonds is 5. The third-order valence-electron chi connectivity index (χ3n) is 4.16. The molecule has 25 heavy (non-hydrogen) atoms. The van der Waals surface area contributed by atoms with Crippen molar-refractivity contribution in [2.24, 2.45) is 0 Å². The molecule has 1 aromatic carbocycles. The van der Waals surface area contributed by atoms with Crippen LogP contribution in [0.5, 0.6) is 0 Å². The lowest BCUT2D eigenvalue weighted by molar-refractivity contribution is -0.128. The van der Waals surface area contributed by atoms with E-state index in [1.165, 1.54) is 12.3 Å². The standard InChI is InChI=1S/C18H18ClNO4S/c19-17-6-2-1-4-14(17)12-20(15-9-11-25(22,23)13-15)18(21)8-7-16-5-3-10-24-16/h1-8,10,15H,9,11-13H2/b8-7+/t15-/m0/s1. The van der Waals surface area contributed by atoms with Gasteiger partial charge in [-0.05, 0) is 36.3 Å². The minimum absolute atomic E-state index is 0.0161. The van der Waals surface area contributed by atoms with Gasteiger partial charge in [-0.25, -0.2) is 8.42 Å². The normalized spacial score (nSPS) is 19.3. The monoisotopic (exact) mass is 379 g/mol. The highest BCUT2D eigenvalue weighted by Gasteiger charge is 2.34. The van der Waals surface area contributed by atoms with Gasteiger partial charge in [0, 0.05) is 23.7 Å². The molecule has 5 nitrogen and oxygen atoms in total. The number of amides is 1. The van der Waals surface area contributed by atoms with Crippen molar-refractivity contribution in [1.82, 2.24) is 4.90 Å². The Hall–Kier alpha value is -2.05. The first-order valence-electron chi connectivity index (χ1n) is 7.91. The van der Waals surface area contributed by atoms with E-state index >= 15 is 0 Å². The summed E-state index contributed by atoms with van der Waals surface area (Å²) in [5, 5.41) is 0.552. The molecule has 2 heterocycles. The molecule has 0 spiro atoms. The van der Waals surface area contributed by atoms with Crippen LogP contribution in [0.1, 0.15) is 17.7 Å². The van der Waals surface area contributed by atoms with E-state index in [-0.39, 0.29) is 30.0 Å². The third-order valence-corrected chi connectivity index (χ3v) is 6.28. The van der Waals surface area contributed by atoms with Gasteiger partial charge < -0.3 is 9.32 Å². The summed E-state index contributed by atoms with van der Waals surface area (Å²) in [5.41, 5.74) is 0.785. The van der Waals surface area contributed by atoms with Crippen molar-refractivity contribution in [3.05, 3.63) is 65.1 Å². The highest BCUT2D eigenvalue weighted by molar-refractivity contribution is 7.91. The molecule has 7 heteroatoms. The molecule has 0 N–H and O–H groups in total. The van der Waals surface area contributed by atoms with Crippen molar-refractivity contribution in [3.8, 4) is 0 Å². The lowest BCUT2D eigenvalue weighted by atomic mass is 10.1. The van der Waals surface area contributed by atoms with Crippen LogP contribution in [0.2, 0.25) is 5.02 Å². The molecule has 1 amide bonds. The Bertz CT molecular complexity index is 874. The van der Waals surface area contributed by atoms with Crippen molar-refractivity contribution < 1.29 is 17.6 Å². The van der Waals surface area contributed by atoms with Gasteiger partial charge in [-0.2, -0.15) is 0 Å². The second kappa shape index (κ2) is 7.45. The Morgan fingerprint density at radius 3 is 2.72 bits per heavy atom. The molecule has 2 aromatic rings. The Morgan fingerprint density at radius 2 is 2.08 bits per heavy atom. The number of carbonyl (C=O) groups excluding carboxylic acids is 1. The minimum atomic E-state index is -3.10. The van der Waals surface area contributed by atoms with E-state index in [2.05, 4.69) is 0 Å². The number of nitrogens with zero attached hydrogens (tertiary/aromatic N) is 1. The van der Waals surface area contributed by atoms with E-state index in [9.17, 15) is 13.2 Å². The molecule has 0 saturated carbocycles. The fourth-order valence-electron chi connectivity index (χ4n) is 2.85.